The van der Waals surface area contributed by atoms with Crippen LogP contribution in [0.15, 0.2) is 40.6 Å². The molecule has 1 aromatic carbocycles. The number of amides is 1. The monoisotopic (exact) mass is 598 g/mol. The number of halogens is 1. The first kappa shape index (κ1) is 30.3. The molecule has 0 fully saturated rings. The van der Waals surface area contributed by atoms with Gasteiger partial charge in [-0.15, -0.1) is 11.3 Å². The van der Waals surface area contributed by atoms with Gasteiger partial charge in [-0.05, 0) is 62.0 Å². The van der Waals surface area contributed by atoms with E-state index in [-0.39, 0.29) is 21.9 Å². The molecule has 0 spiro atoms. The molecule has 0 saturated carbocycles. The first-order valence-corrected chi connectivity index (χ1v) is 14.5. The van der Waals surface area contributed by atoms with Gasteiger partial charge in [0.15, 0.2) is 0 Å². The molecule has 0 radical (unpaired) electrons. The number of aryl methyl sites for hydroxylation is 2. The van der Waals surface area contributed by atoms with Crippen LogP contribution in [0.5, 0.6) is 0 Å². The molecule has 13 nitrogen and oxygen atoms in total. The van der Waals surface area contributed by atoms with Gasteiger partial charge in [-0.2, -0.15) is 5.10 Å². The summed E-state index contributed by atoms with van der Waals surface area (Å²) in [5.74, 6) is -1.92. The summed E-state index contributed by atoms with van der Waals surface area (Å²) < 4.78 is 30.0. The quantitative estimate of drug-likeness (QED) is 0.105. The zero-order chi connectivity index (χ0) is 28.7. The van der Waals surface area contributed by atoms with Crippen LogP contribution in [0.25, 0.3) is 0 Å². The van der Waals surface area contributed by atoms with Gasteiger partial charge in [-0.3, -0.25) is 19.5 Å². The van der Waals surface area contributed by atoms with Gasteiger partial charge in [-0.1, -0.05) is 11.6 Å². The second-order valence-corrected chi connectivity index (χ2v) is 11.6. The van der Waals surface area contributed by atoms with E-state index in [0.29, 0.717) is 30.4 Å². The average Bonchev–Trinajstić information content (AvgIpc) is 3.42. The van der Waals surface area contributed by atoms with Gasteiger partial charge in [-0.25, -0.2) is 13.2 Å². The van der Waals surface area contributed by atoms with E-state index >= 15 is 0 Å². The number of nitrogens with zero attached hydrogens (tertiary/aromatic N) is 2. The van der Waals surface area contributed by atoms with Gasteiger partial charge in [0.1, 0.15) is 22.4 Å². The second kappa shape index (κ2) is 13.2. The van der Waals surface area contributed by atoms with Crippen LogP contribution in [0.3, 0.4) is 0 Å². The second-order valence-electron chi connectivity index (χ2n) is 8.61. The first-order chi connectivity index (χ1) is 18.4. The van der Waals surface area contributed by atoms with Crippen LogP contribution in [-0.2, 0) is 28.4 Å². The molecule has 16 heteroatoms. The number of aromatic nitrogens is 2. The topological polar surface area (TPSA) is 206 Å². The van der Waals surface area contributed by atoms with Crippen LogP contribution in [0.2, 0.25) is 5.15 Å². The standard InChI is InChI=1S/C23H31ClN8O5S2/c1-13-16(20(24)32(2)30-13)12-28-14-5-7-15(8-6-14)39(36,37)31-17-9-11-38-19(17)21(33)29-18(22(34)35)4-3-10-27-23(25)26/h5-9,11,18,23,27-28,31H,3-4,10,12,25-26H2,1-2H3,(H,29,33)(H,34,35)/t18-/m0/s1. The van der Waals surface area contributed by atoms with Crippen molar-refractivity contribution in [1.29, 1.82) is 0 Å². The first-order valence-electron chi connectivity index (χ1n) is 11.8. The molecule has 39 heavy (non-hydrogen) atoms. The van der Waals surface area contributed by atoms with Crippen LogP contribution in [-0.4, -0.2) is 54.1 Å². The molecular weight excluding hydrogens is 568 g/mol. The Labute approximate surface area is 235 Å². The zero-order valence-electron chi connectivity index (χ0n) is 21.3. The maximum atomic E-state index is 13.0. The van der Waals surface area contributed by atoms with Crippen LogP contribution < -0.4 is 32.1 Å². The van der Waals surface area contributed by atoms with Crippen LogP contribution in [0.1, 0.15) is 33.8 Å². The van der Waals surface area contributed by atoms with Gasteiger partial charge < -0.3 is 27.2 Å². The lowest BCUT2D eigenvalue weighted by Crippen LogP contribution is -2.46. The third-order valence-corrected chi connectivity index (χ3v) is 8.44. The Hall–Kier alpha value is -3.21. The highest BCUT2D eigenvalue weighted by molar-refractivity contribution is 7.92. The number of hydrogen-bond acceptors (Lipinski definition) is 10. The van der Waals surface area contributed by atoms with Crippen molar-refractivity contribution in [3.05, 3.63) is 57.0 Å². The molecule has 1 amide bonds. The van der Waals surface area contributed by atoms with Gasteiger partial charge >= 0.3 is 5.97 Å². The fraction of sp³-hybridized carbons (Fsp3) is 0.348. The molecule has 1 atom stereocenters. The molecule has 0 aliphatic heterocycles. The maximum Gasteiger partial charge on any atom is 0.326 e. The highest BCUT2D eigenvalue weighted by Gasteiger charge is 2.25. The number of carbonyl (C=O) groups is 2. The lowest BCUT2D eigenvalue weighted by Gasteiger charge is -2.16. The molecule has 2 aromatic heterocycles. The Kier molecular flexibility index (Phi) is 10.3. The Morgan fingerprint density at radius 2 is 1.90 bits per heavy atom. The number of nitrogens with one attached hydrogen (secondary N) is 4. The third kappa shape index (κ3) is 8.14. The number of carbonyl (C=O) groups excluding carboxylic acids is 1. The highest BCUT2D eigenvalue weighted by Crippen LogP contribution is 2.26. The van der Waals surface area contributed by atoms with Crippen molar-refractivity contribution in [1.82, 2.24) is 20.4 Å². The SMILES string of the molecule is Cc1nn(C)c(Cl)c1CNc1ccc(S(=O)(=O)Nc2ccsc2C(=O)N[C@@H](CCCNC(N)N)C(=O)O)cc1. The highest BCUT2D eigenvalue weighted by atomic mass is 35.5. The number of carboxylic acids is 1. The Balaban J connectivity index is 1.64. The predicted molar refractivity (Wildman–Crippen MR) is 150 cm³/mol. The van der Waals surface area contributed by atoms with Crippen LogP contribution in [0.4, 0.5) is 11.4 Å². The summed E-state index contributed by atoms with van der Waals surface area (Å²) in [6.45, 7) is 2.62. The summed E-state index contributed by atoms with van der Waals surface area (Å²) >= 11 is 7.24. The summed E-state index contributed by atoms with van der Waals surface area (Å²) in [5, 5.41) is 24.2. The Morgan fingerprint density at radius 1 is 1.21 bits per heavy atom. The fourth-order valence-electron chi connectivity index (χ4n) is 3.64. The van der Waals surface area contributed by atoms with E-state index in [1.165, 1.54) is 23.6 Å². The molecule has 0 aliphatic rings. The smallest absolute Gasteiger partial charge is 0.326 e. The molecule has 0 unspecified atom stereocenters. The molecule has 3 aromatic rings. The van der Waals surface area contributed by atoms with Crippen molar-refractivity contribution < 1.29 is 23.1 Å². The number of carboxylic acid groups (broad SMARTS) is 1. The molecule has 0 bridgehead atoms. The van der Waals surface area contributed by atoms with Gasteiger partial charge in [0.05, 0.1) is 16.3 Å². The minimum atomic E-state index is -4.04. The Morgan fingerprint density at radius 3 is 2.49 bits per heavy atom. The number of thiophene rings is 1. The molecule has 9 N–H and O–H groups in total. The lowest BCUT2D eigenvalue weighted by atomic mass is 10.1. The van der Waals surface area contributed by atoms with Crippen molar-refractivity contribution in [2.24, 2.45) is 18.5 Å². The van der Waals surface area contributed by atoms with Crippen LogP contribution in [0, 0.1) is 6.92 Å². The van der Waals surface area contributed by atoms with Gasteiger partial charge in [0, 0.05) is 24.8 Å². The largest absolute Gasteiger partial charge is 0.480 e. The van der Waals surface area contributed by atoms with Gasteiger partial charge in [0.25, 0.3) is 15.9 Å². The minimum absolute atomic E-state index is 0.0183. The Bertz CT molecular complexity index is 1410. The van der Waals surface area contributed by atoms with E-state index in [9.17, 15) is 23.1 Å². The molecule has 3 rings (SSSR count). The van der Waals surface area contributed by atoms with Gasteiger partial charge in [0.2, 0.25) is 0 Å². The summed E-state index contributed by atoms with van der Waals surface area (Å²) in [4.78, 5) is 24.4. The van der Waals surface area contributed by atoms with E-state index in [2.05, 4.69) is 25.8 Å². The number of anilines is 2. The minimum Gasteiger partial charge on any atom is -0.480 e. The summed E-state index contributed by atoms with van der Waals surface area (Å²) in [6, 6.07) is 6.34. The van der Waals surface area contributed by atoms with Crippen molar-refractivity contribution in [3.63, 3.8) is 0 Å². The number of aliphatic carboxylic acids is 1. The van der Waals surface area contributed by atoms with Crippen molar-refractivity contribution in [2.45, 2.75) is 43.5 Å². The summed E-state index contributed by atoms with van der Waals surface area (Å²) in [5.41, 5.74) is 13.1. The summed E-state index contributed by atoms with van der Waals surface area (Å²) in [6.07, 6.45) is -0.210. The lowest BCUT2D eigenvalue weighted by molar-refractivity contribution is -0.139. The zero-order valence-corrected chi connectivity index (χ0v) is 23.7. The van der Waals surface area contributed by atoms with Crippen molar-refractivity contribution >= 4 is 56.2 Å². The van der Waals surface area contributed by atoms with E-state index in [4.69, 9.17) is 23.1 Å². The summed E-state index contributed by atoms with van der Waals surface area (Å²) in [7, 11) is -2.29. The molecule has 0 saturated heterocycles. The van der Waals surface area contributed by atoms with Crippen molar-refractivity contribution in [2.75, 3.05) is 16.6 Å². The molecule has 2 heterocycles. The molecular formula is C23H31ClN8O5S2. The third-order valence-electron chi connectivity index (χ3n) is 5.67. The number of rotatable bonds is 14. The van der Waals surface area contributed by atoms with E-state index < -0.39 is 34.2 Å². The molecule has 0 aliphatic carbocycles. The maximum absolute atomic E-state index is 13.0. The number of hydrogen-bond donors (Lipinski definition) is 7. The number of sulfonamides is 1. The van der Waals surface area contributed by atoms with E-state index in [1.54, 1.807) is 23.9 Å². The predicted octanol–water partition coefficient (Wildman–Crippen LogP) is 1.61. The van der Waals surface area contributed by atoms with Crippen LogP contribution >= 0.6 is 22.9 Å². The fourth-order valence-corrected chi connectivity index (χ4v) is 5.77. The normalized spacial score (nSPS) is 12.4. The van der Waals surface area contributed by atoms with Crippen molar-refractivity contribution in [3.8, 4) is 0 Å². The molecule has 212 valence electrons. The van der Waals surface area contributed by atoms with E-state index in [1.807, 2.05) is 6.92 Å². The average molecular weight is 599 g/mol. The number of benzene rings is 1. The number of nitrogens with two attached hydrogens (primary N) is 2. The van der Waals surface area contributed by atoms with E-state index in [0.717, 1.165) is 22.6 Å².